The van der Waals surface area contributed by atoms with Crippen molar-refractivity contribution in [2.45, 2.75) is 23.5 Å². The second kappa shape index (κ2) is 6.71. The van der Waals surface area contributed by atoms with E-state index in [1.54, 1.807) is 21.6 Å². The molecule has 2 aliphatic rings. The van der Waals surface area contributed by atoms with Crippen molar-refractivity contribution in [2.75, 3.05) is 37.7 Å². The van der Waals surface area contributed by atoms with Crippen LogP contribution in [-0.4, -0.2) is 54.8 Å². The molecule has 1 fully saturated rings. The van der Waals surface area contributed by atoms with Gasteiger partial charge in [-0.2, -0.15) is 0 Å². The molecule has 1 unspecified atom stereocenters. The second-order valence-electron chi connectivity index (χ2n) is 5.57. The van der Waals surface area contributed by atoms with Crippen LogP contribution in [0.2, 0.25) is 0 Å². The van der Waals surface area contributed by atoms with E-state index in [9.17, 15) is 9.59 Å². The van der Waals surface area contributed by atoms with E-state index in [0.717, 1.165) is 10.6 Å². The fraction of sp³-hybridized carbons (Fsp3) is 0.500. The molecule has 2 heterocycles. The number of carbonyl (C=O) groups is 2. The van der Waals surface area contributed by atoms with E-state index >= 15 is 0 Å². The Bertz CT molecular complexity index is 572. The summed E-state index contributed by atoms with van der Waals surface area (Å²) in [6.07, 6.45) is 0.454. The van der Waals surface area contributed by atoms with Gasteiger partial charge >= 0.3 is 0 Å². The van der Waals surface area contributed by atoms with Crippen LogP contribution >= 0.6 is 11.8 Å². The highest BCUT2D eigenvalue weighted by Gasteiger charge is 2.29. The average molecular weight is 320 g/mol. The van der Waals surface area contributed by atoms with Gasteiger partial charge in [-0.1, -0.05) is 19.1 Å². The zero-order chi connectivity index (χ0) is 15.5. The quantitative estimate of drug-likeness (QED) is 0.833. The number of rotatable bonds is 2. The van der Waals surface area contributed by atoms with Crippen molar-refractivity contribution in [3.05, 3.63) is 24.3 Å². The number of benzene rings is 1. The lowest BCUT2D eigenvalue weighted by atomic mass is 10.2. The molecule has 1 saturated heterocycles. The van der Waals surface area contributed by atoms with Gasteiger partial charge in [0.05, 0.1) is 18.9 Å². The molecule has 1 atom stereocenters. The zero-order valence-corrected chi connectivity index (χ0v) is 13.5. The number of hydrogen-bond acceptors (Lipinski definition) is 4. The Balaban J connectivity index is 1.81. The molecule has 0 bridgehead atoms. The highest BCUT2D eigenvalue weighted by Crippen LogP contribution is 2.37. The Labute approximate surface area is 134 Å². The van der Waals surface area contributed by atoms with Gasteiger partial charge < -0.3 is 14.5 Å². The first-order valence-corrected chi connectivity index (χ1v) is 8.44. The molecule has 22 heavy (non-hydrogen) atoms. The molecule has 0 aromatic heterocycles. The van der Waals surface area contributed by atoms with Crippen molar-refractivity contribution in [2.24, 2.45) is 0 Å². The van der Waals surface area contributed by atoms with Crippen LogP contribution in [0.4, 0.5) is 5.69 Å². The van der Waals surface area contributed by atoms with Crippen molar-refractivity contribution < 1.29 is 14.3 Å². The van der Waals surface area contributed by atoms with Gasteiger partial charge in [0.25, 0.3) is 0 Å². The first-order valence-electron chi connectivity index (χ1n) is 7.56. The van der Waals surface area contributed by atoms with Crippen LogP contribution < -0.4 is 4.90 Å². The minimum absolute atomic E-state index is 0.00833. The third-order valence-corrected chi connectivity index (χ3v) is 5.07. The van der Waals surface area contributed by atoms with Gasteiger partial charge in [-0.05, 0) is 12.1 Å². The predicted molar refractivity (Wildman–Crippen MR) is 86.1 cm³/mol. The third-order valence-electron chi connectivity index (χ3n) is 3.90. The van der Waals surface area contributed by atoms with E-state index in [1.807, 2.05) is 31.2 Å². The van der Waals surface area contributed by atoms with Crippen molar-refractivity contribution in [1.82, 2.24) is 4.90 Å². The topological polar surface area (TPSA) is 49.9 Å². The SMILES string of the molecule is CC1CC(=O)N(CC(=O)N2CCOCC2)c2ccccc2S1. The monoisotopic (exact) mass is 320 g/mol. The van der Waals surface area contributed by atoms with E-state index in [-0.39, 0.29) is 23.6 Å². The van der Waals surface area contributed by atoms with Gasteiger partial charge in [0.2, 0.25) is 11.8 Å². The molecule has 2 amide bonds. The number of anilines is 1. The number of ether oxygens (including phenoxy) is 1. The summed E-state index contributed by atoms with van der Waals surface area (Å²) in [5, 5.41) is 0.220. The van der Waals surface area contributed by atoms with Gasteiger partial charge in [-0.25, -0.2) is 0 Å². The highest BCUT2D eigenvalue weighted by atomic mass is 32.2. The average Bonchev–Trinajstić information content (AvgIpc) is 2.64. The van der Waals surface area contributed by atoms with Crippen molar-refractivity contribution in [1.29, 1.82) is 0 Å². The molecule has 1 aromatic carbocycles. The van der Waals surface area contributed by atoms with Crippen LogP contribution in [0.15, 0.2) is 29.2 Å². The molecule has 1 aromatic rings. The van der Waals surface area contributed by atoms with Crippen LogP contribution in [0.1, 0.15) is 13.3 Å². The lowest BCUT2D eigenvalue weighted by molar-refractivity contribution is -0.135. The minimum atomic E-state index is -0.00833. The summed E-state index contributed by atoms with van der Waals surface area (Å²) in [5.41, 5.74) is 0.850. The van der Waals surface area contributed by atoms with Gasteiger partial charge in [-0.15, -0.1) is 11.8 Å². The Kier molecular flexibility index (Phi) is 4.69. The largest absolute Gasteiger partial charge is 0.378 e. The van der Waals surface area contributed by atoms with Crippen LogP contribution in [0.3, 0.4) is 0 Å². The summed E-state index contributed by atoms with van der Waals surface area (Å²) in [4.78, 5) is 29.5. The maximum Gasteiger partial charge on any atom is 0.242 e. The zero-order valence-electron chi connectivity index (χ0n) is 12.7. The van der Waals surface area contributed by atoms with Crippen molar-refractivity contribution >= 4 is 29.3 Å². The Morgan fingerprint density at radius 2 is 2.05 bits per heavy atom. The van der Waals surface area contributed by atoms with Crippen molar-refractivity contribution in [3.8, 4) is 0 Å². The summed E-state index contributed by atoms with van der Waals surface area (Å²) >= 11 is 1.70. The lowest BCUT2D eigenvalue weighted by Gasteiger charge is -2.30. The first kappa shape index (κ1) is 15.4. The molecule has 3 rings (SSSR count). The number of morpholine rings is 1. The van der Waals surface area contributed by atoms with Gasteiger partial charge in [0.15, 0.2) is 0 Å². The molecule has 0 radical (unpaired) electrons. The lowest BCUT2D eigenvalue weighted by Crippen LogP contribution is -2.47. The number of para-hydroxylation sites is 1. The fourth-order valence-corrected chi connectivity index (χ4v) is 3.87. The summed E-state index contributed by atoms with van der Waals surface area (Å²) in [6, 6.07) is 7.82. The van der Waals surface area contributed by atoms with Crippen LogP contribution in [0.25, 0.3) is 0 Å². The van der Waals surface area contributed by atoms with Gasteiger partial charge in [0, 0.05) is 29.7 Å². The maximum absolute atomic E-state index is 12.5. The second-order valence-corrected chi connectivity index (χ2v) is 7.05. The summed E-state index contributed by atoms with van der Waals surface area (Å²) in [5.74, 6) is 0.0116. The molecule has 6 heteroatoms. The number of nitrogens with zero attached hydrogens (tertiary/aromatic N) is 2. The van der Waals surface area contributed by atoms with E-state index in [0.29, 0.717) is 32.7 Å². The molecule has 118 valence electrons. The summed E-state index contributed by atoms with van der Waals surface area (Å²) in [7, 11) is 0. The molecule has 0 saturated carbocycles. The number of fused-ring (bicyclic) bond motifs is 1. The van der Waals surface area contributed by atoms with Crippen molar-refractivity contribution in [3.63, 3.8) is 0 Å². The number of carbonyl (C=O) groups excluding carboxylic acids is 2. The number of amides is 2. The smallest absolute Gasteiger partial charge is 0.242 e. The molecule has 0 aliphatic carbocycles. The highest BCUT2D eigenvalue weighted by molar-refractivity contribution is 8.00. The first-order chi connectivity index (χ1) is 10.6. The van der Waals surface area contributed by atoms with E-state index in [1.165, 1.54) is 0 Å². The summed E-state index contributed by atoms with van der Waals surface area (Å²) < 4.78 is 5.27. The van der Waals surface area contributed by atoms with Gasteiger partial charge in [-0.3, -0.25) is 9.59 Å². The van der Waals surface area contributed by atoms with E-state index in [2.05, 4.69) is 0 Å². The Hall–Kier alpha value is -1.53. The van der Waals surface area contributed by atoms with Gasteiger partial charge in [0.1, 0.15) is 6.54 Å². The standard InChI is InChI=1S/C16H20N2O3S/c1-12-10-15(19)18(13-4-2-3-5-14(13)22-12)11-16(20)17-6-8-21-9-7-17/h2-5,12H,6-11H2,1H3. The molecule has 5 nitrogen and oxygen atoms in total. The van der Waals surface area contributed by atoms with Crippen LogP contribution in [0, 0.1) is 0 Å². The Morgan fingerprint density at radius 1 is 1.32 bits per heavy atom. The van der Waals surface area contributed by atoms with E-state index < -0.39 is 0 Å². The molecular weight excluding hydrogens is 300 g/mol. The summed E-state index contributed by atoms with van der Waals surface area (Å²) in [6.45, 7) is 4.52. The number of thioether (sulfide) groups is 1. The molecule has 2 aliphatic heterocycles. The third kappa shape index (κ3) is 3.28. The number of hydrogen-bond donors (Lipinski definition) is 0. The molecule has 0 spiro atoms. The fourth-order valence-electron chi connectivity index (χ4n) is 2.75. The Morgan fingerprint density at radius 3 is 2.82 bits per heavy atom. The minimum Gasteiger partial charge on any atom is -0.378 e. The molecular formula is C16H20N2O3S. The maximum atomic E-state index is 12.5. The predicted octanol–water partition coefficient (Wildman–Crippen LogP) is 1.76. The van der Waals surface area contributed by atoms with E-state index in [4.69, 9.17) is 4.74 Å². The molecule has 0 N–H and O–H groups in total. The van der Waals surface area contributed by atoms with Crippen LogP contribution in [-0.2, 0) is 14.3 Å². The normalized spacial score (nSPS) is 22.2. The van der Waals surface area contributed by atoms with Crippen LogP contribution in [0.5, 0.6) is 0 Å².